The first-order chi connectivity index (χ1) is 14.8. The lowest BCUT2D eigenvalue weighted by molar-refractivity contribution is -0.225. The molecule has 0 spiro atoms. The molecule has 2 fully saturated rings. The fraction of sp³-hybridized carbons (Fsp3) is 0.720. The summed E-state index contributed by atoms with van der Waals surface area (Å²) < 4.78 is 48.8. The summed E-state index contributed by atoms with van der Waals surface area (Å²) in [6.07, 6.45) is 6.23. The Balaban J connectivity index is 1.57. The zero-order chi connectivity index (χ0) is 22.6. The van der Waals surface area contributed by atoms with E-state index in [0.717, 1.165) is 30.9 Å². The Hall–Kier alpha value is -1.72. The van der Waals surface area contributed by atoms with Crippen molar-refractivity contribution in [2.75, 3.05) is 0 Å². The van der Waals surface area contributed by atoms with E-state index in [2.05, 4.69) is 6.92 Å². The molecule has 0 aromatic heterocycles. The smallest absolute Gasteiger partial charge is 0.400 e. The van der Waals surface area contributed by atoms with Crippen LogP contribution in [0, 0.1) is 29.5 Å². The molecule has 0 radical (unpaired) electrons. The fourth-order valence-electron chi connectivity index (χ4n) is 5.55. The number of benzene rings is 1. The van der Waals surface area contributed by atoms with Crippen molar-refractivity contribution < 1.29 is 27.8 Å². The van der Waals surface area contributed by atoms with Crippen molar-refractivity contribution in [1.82, 2.24) is 0 Å². The predicted molar refractivity (Wildman–Crippen MR) is 114 cm³/mol. The van der Waals surface area contributed by atoms with Gasteiger partial charge in [-0.25, -0.2) is 0 Å². The zero-order valence-corrected chi connectivity index (χ0v) is 18.6. The van der Waals surface area contributed by atoms with E-state index in [-0.39, 0.29) is 12.0 Å². The summed E-state index contributed by atoms with van der Waals surface area (Å²) in [7, 11) is 0. The molecule has 0 unspecified atom stereocenters. The van der Waals surface area contributed by atoms with Crippen molar-refractivity contribution in [3.8, 4) is 11.5 Å². The second-order valence-corrected chi connectivity index (χ2v) is 9.40. The minimum absolute atomic E-state index is 0.0762. The Labute approximate surface area is 183 Å². The first-order valence-corrected chi connectivity index (χ1v) is 11.9. The second kappa shape index (κ2) is 10.3. The van der Waals surface area contributed by atoms with Crippen LogP contribution in [0.3, 0.4) is 0 Å². The Morgan fingerprint density at radius 2 is 1.61 bits per heavy atom. The quantitative estimate of drug-likeness (QED) is 0.426. The third-order valence-corrected chi connectivity index (χ3v) is 7.45. The molecule has 0 saturated heterocycles. The summed E-state index contributed by atoms with van der Waals surface area (Å²) in [6.45, 7) is 3.80. The topological polar surface area (TPSA) is 46.5 Å². The van der Waals surface area contributed by atoms with Crippen LogP contribution in [-0.4, -0.2) is 17.0 Å². The lowest BCUT2D eigenvalue weighted by Gasteiger charge is -2.39. The highest BCUT2D eigenvalue weighted by molar-refractivity contribution is 5.98. The standard InChI is InChI=1S/C25H35F3O3/c1-3-5-16-6-8-17(9-7-16)18-10-12-19(13-11-18)25(27,28)31-22-15-14-20(21(29)4-2)24(30)23(22)26/h14-19,30H,3-13H2,1-2H3. The zero-order valence-electron chi connectivity index (χ0n) is 18.6. The van der Waals surface area contributed by atoms with Gasteiger partial charge in [0.15, 0.2) is 17.3 Å². The van der Waals surface area contributed by atoms with Crippen molar-refractivity contribution in [3.63, 3.8) is 0 Å². The van der Waals surface area contributed by atoms with Gasteiger partial charge in [-0.05, 0) is 68.4 Å². The van der Waals surface area contributed by atoms with E-state index >= 15 is 0 Å². The number of Topliss-reactive ketones (excluding diaryl/α,β-unsaturated/α-hetero) is 1. The average molecular weight is 441 g/mol. The first kappa shape index (κ1) is 23.9. The van der Waals surface area contributed by atoms with Crippen LogP contribution in [0.5, 0.6) is 11.5 Å². The van der Waals surface area contributed by atoms with Gasteiger partial charge < -0.3 is 9.84 Å². The minimum Gasteiger partial charge on any atom is -0.504 e. The van der Waals surface area contributed by atoms with E-state index in [0.29, 0.717) is 24.7 Å². The number of halogens is 3. The number of phenolic OH excluding ortho intramolecular Hbond substituents is 1. The van der Waals surface area contributed by atoms with Gasteiger partial charge in [-0.15, -0.1) is 0 Å². The van der Waals surface area contributed by atoms with Crippen LogP contribution in [0.2, 0.25) is 0 Å². The molecule has 2 aliphatic carbocycles. The lowest BCUT2D eigenvalue weighted by atomic mass is 9.68. The summed E-state index contributed by atoms with van der Waals surface area (Å²) in [6, 6.07) is 2.15. The van der Waals surface area contributed by atoms with Gasteiger partial charge in [0.05, 0.1) is 11.5 Å². The van der Waals surface area contributed by atoms with Gasteiger partial charge in [-0.2, -0.15) is 13.2 Å². The molecular weight excluding hydrogens is 405 g/mol. The molecule has 0 atom stereocenters. The van der Waals surface area contributed by atoms with Crippen LogP contribution in [0.15, 0.2) is 12.1 Å². The summed E-state index contributed by atoms with van der Waals surface area (Å²) in [5.74, 6) is -2.42. The highest BCUT2D eigenvalue weighted by Gasteiger charge is 2.45. The highest BCUT2D eigenvalue weighted by Crippen LogP contribution is 2.46. The van der Waals surface area contributed by atoms with Crippen molar-refractivity contribution >= 4 is 5.78 Å². The summed E-state index contributed by atoms with van der Waals surface area (Å²) >= 11 is 0. The van der Waals surface area contributed by atoms with E-state index in [1.807, 2.05) is 0 Å². The number of rotatable bonds is 8. The number of carbonyl (C=O) groups excluding carboxylic acids is 1. The number of carbonyl (C=O) groups is 1. The second-order valence-electron chi connectivity index (χ2n) is 9.40. The van der Waals surface area contributed by atoms with Gasteiger partial charge in [-0.3, -0.25) is 4.79 Å². The SMILES string of the molecule is CCCC1CCC(C2CCC(C(F)(F)Oc3ccc(C(=O)CC)c(O)c3F)CC2)CC1. The number of ketones is 1. The molecule has 3 nitrogen and oxygen atoms in total. The normalized spacial score (nSPS) is 27.1. The van der Waals surface area contributed by atoms with E-state index in [4.69, 9.17) is 4.74 Å². The van der Waals surface area contributed by atoms with Crippen LogP contribution in [0.4, 0.5) is 13.2 Å². The predicted octanol–water partition coefficient (Wildman–Crippen LogP) is 7.51. The number of phenols is 1. The Morgan fingerprint density at radius 1 is 1.03 bits per heavy atom. The molecular formula is C25H35F3O3. The molecule has 1 N–H and O–H groups in total. The molecule has 3 rings (SSSR count). The third kappa shape index (κ3) is 5.56. The van der Waals surface area contributed by atoms with Gasteiger partial charge in [0.2, 0.25) is 5.82 Å². The van der Waals surface area contributed by atoms with E-state index in [1.54, 1.807) is 6.92 Å². The summed E-state index contributed by atoms with van der Waals surface area (Å²) in [5, 5.41) is 9.90. The molecule has 0 aliphatic heterocycles. The lowest BCUT2D eigenvalue weighted by Crippen LogP contribution is -2.38. The fourth-order valence-corrected chi connectivity index (χ4v) is 5.55. The monoisotopic (exact) mass is 440 g/mol. The summed E-state index contributed by atoms with van der Waals surface area (Å²) in [4.78, 5) is 11.7. The molecule has 0 bridgehead atoms. The maximum atomic E-state index is 14.8. The molecule has 0 amide bonds. The Morgan fingerprint density at radius 3 is 2.16 bits per heavy atom. The minimum atomic E-state index is -3.52. The Kier molecular flexibility index (Phi) is 7.92. The van der Waals surface area contributed by atoms with E-state index < -0.39 is 35.1 Å². The van der Waals surface area contributed by atoms with Gasteiger partial charge in [-0.1, -0.05) is 39.5 Å². The number of hydrogen-bond donors (Lipinski definition) is 1. The molecule has 6 heteroatoms. The summed E-state index contributed by atoms with van der Waals surface area (Å²) in [5.41, 5.74) is -0.218. The van der Waals surface area contributed by atoms with Crippen LogP contribution in [0.1, 0.15) is 94.8 Å². The van der Waals surface area contributed by atoms with Gasteiger partial charge >= 0.3 is 6.11 Å². The Bertz CT molecular complexity index is 749. The van der Waals surface area contributed by atoms with Crippen molar-refractivity contribution in [1.29, 1.82) is 0 Å². The van der Waals surface area contributed by atoms with Gasteiger partial charge in [0.1, 0.15) is 0 Å². The molecule has 1 aromatic rings. The number of aromatic hydroxyl groups is 1. The third-order valence-electron chi connectivity index (χ3n) is 7.45. The van der Waals surface area contributed by atoms with E-state index in [1.165, 1.54) is 38.5 Å². The van der Waals surface area contributed by atoms with E-state index in [9.17, 15) is 23.1 Å². The van der Waals surface area contributed by atoms with Gasteiger partial charge in [0.25, 0.3) is 0 Å². The highest BCUT2D eigenvalue weighted by atomic mass is 19.3. The van der Waals surface area contributed by atoms with Crippen LogP contribution < -0.4 is 4.74 Å². The number of alkyl halides is 2. The van der Waals surface area contributed by atoms with Crippen LogP contribution in [0.25, 0.3) is 0 Å². The molecule has 174 valence electrons. The van der Waals surface area contributed by atoms with Crippen molar-refractivity contribution in [3.05, 3.63) is 23.5 Å². The molecule has 1 aromatic carbocycles. The largest absolute Gasteiger partial charge is 0.504 e. The maximum Gasteiger partial charge on any atom is 0.400 e. The van der Waals surface area contributed by atoms with Crippen molar-refractivity contribution in [2.24, 2.45) is 23.7 Å². The van der Waals surface area contributed by atoms with Crippen LogP contribution in [-0.2, 0) is 0 Å². The first-order valence-electron chi connectivity index (χ1n) is 11.9. The van der Waals surface area contributed by atoms with Crippen LogP contribution >= 0.6 is 0 Å². The molecule has 31 heavy (non-hydrogen) atoms. The molecule has 0 heterocycles. The number of ether oxygens (including phenoxy) is 1. The van der Waals surface area contributed by atoms with Gasteiger partial charge in [0, 0.05) is 6.42 Å². The average Bonchev–Trinajstić information content (AvgIpc) is 2.77. The molecule has 2 aliphatic rings. The maximum absolute atomic E-state index is 14.8. The van der Waals surface area contributed by atoms with Crippen molar-refractivity contribution in [2.45, 2.75) is 90.6 Å². The molecule has 2 saturated carbocycles. The number of hydrogen-bond acceptors (Lipinski definition) is 3.